The molecule has 0 spiro atoms. The van der Waals surface area contributed by atoms with Crippen LogP contribution in [0.5, 0.6) is 0 Å². The van der Waals surface area contributed by atoms with E-state index in [1.54, 1.807) is 36.4 Å². The third kappa shape index (κ3) is 3.50. The number of rotatable bonds is 3. The first kappa shape index (κ1) is 12.5. The number of amides is 1. The Morgan fingerprint density at radius 3 is 2.67 bits per heavy atom. The van der Waals surface area contributed by atoms with Crippen molar-refractivity contribution in [2.75, 3.05) is 11.1 Å². The second kappa shape index (κ2) is 5.56. The van der Waals surface area contributed by atoms with Crippen molar-refractivity contribution in [3.05, 3.63) is 59.1 Å². The summed E-state index contributed by atoms with van der Waals surface area (Å²) in [7, 11) is 0. The monoisotopic (exact) mass is 260 g/mol. The maximum atomic E-state index is 11.8. The second-order valence-corrected chi connectivity index (χ2v) is 4.42. The van der Waals surface area contributed by atoms with Crippen molar-refractivity contribution < 1.29 is 4.79 Å². The van der Waals surface area contributed by atoms with E-state index in [-0.39, 0.29) is 12.3 Å². The number of nitrogens with one attached hydrogen (secondary N) is 1. The predicted octanol–water partition coefficient (Wildman–Crippen LogP) is 3.10. The van der Waals surface area contributed by atoms with E-state index < -0.39 is 0 Å². The topological polar surface area (TPSA) is 55.1 Å². The molecule has 0 fully saturated rings. The highest BCUT2D eigenvalue weighted by atomic mass is 35.5. The minimum Gasteiger partial charge on any atom is -0.399 e. The van der Waals surface area contributed by atoms with Gasteiger partial charge in [0.05, 0.1) is 6.42 Å². The molecule has 0 aliphatic carbocycles. The average Bonchev–Trinajstić information content (AvgIpc) is 2.28. The summed E-state index contributed by atoms with van der Waals surface area (Å²) >= 11 is 5.84. The normalized spacial score (nSPS) is 10.1. The molecule has 0 aliphatic rings. The Hall–Kier alpha value is -2.00. The van der Waals surface area contributed by atoms with Gasteiger partial charge in [-0.25, -0.2) is 0 Å². The summed E-state index contributed by atoms with van der Waals surface area (Å²) in [5, 5.41) is 3.38. The number of nitrogen functional groups attached to an aromatic ring is 1. The summed E-state index contributed by atoms with van der Waals surface area (Å²) in [5.74, 6) is -0.0946. The molecule has 3 nitrogen and oxygen atoms in total. The van der Waals surface area contributed by atoms with E-state index >= 15 is 0 Å². The van der Waals surface area contributed by atoms with Crippen LogP contribution in [0.2, 0.25) is 5.02 Å². The number of hydrogen-bond acceptors (Lipinski definition) is 2. The van der Waals surface area contributed by atoms with Crippen LogP contribution in [-0.2, 0) is 11.2 Å². The molecule has 0 unspecified atom stereocenters. The Morgan fingerprint density at radius 2 is 1.94 bits per heavy atom. The van der Waals surface area contributed by atoms with Gasteiger partial charge in [-0.1, -0.05) is 29.8 Å². The van der Waals surface area contributed by atoms with Crippen molar-refractivity contribution in [1.82, 2.24) is 0 Å². The first-order valence-electron chi connectivity index (χ1n) is 5.53. The fraction of sp³-hybridized carbons (Fsp3) is 0.0714. The Bertz CT molecular complexity index is 520. The number of carbonyl (C=O) groups is 1. The van der Waals surface area contributed by atoms with Gasteiger partial charge in [-0.3, -0.25) is 4.79 Å². The lowest BCUT2D eigenvalue weighted by Gasteiger charge is -2.06. The largest absolute Gasteiger partial charge is 0.399 e. The van der Waals surface area contributed by atoms with Crippen LogP contribution >= 0.6 is 11.6 Å². The van der Waals surface area contributed by atoms with E-state index in [2.05, 4.69) is 5.32 Å². The first-order chi connectivity index (χ1) is 8.63. The number of carbonyl (C=O) groups excluding carboxylic acids is 1. The number of halogens is 1. The quantitative estimate of drug-likeness (QED) is 0.833. The molecule has 0 bridgehead atoms. The Labute approximate surface area is 111 Å². The summed E-state index contributed by atoms with van der Waals surface area (Å²) in [5.41, 5.74) is 7.89. The molecule has 2 aromatic rings. The van der Waals surface area contributed by atoms with Crippen LogP contribution in [0.25, 0.3) is 0 Å². The van der Waals surface area contributed by atoms with Gasteiger partial charge < -0.3 is 11.1 Å². The van der Waals surface area contributed by atoms with E-state index in [4.69, 9.17) is 17.3 Å². The molecule has 2 aromatic carbocycles. The standard InChI is InChI=1S/C14H13ClN2O/c15-11-4-2-6-13(9-11)17-14(18)8-10-3-1-5-12(16)7-10/h1-7,9H,8,16H2,(H,17,18). The Kier molecular flexibility index (Phi) is 3.85. The molecule has 0 aromatic heterocycles. The minimum absolute atomic E-state index is 0.0946. The van der Waals surface area contributed by atoms with Crippen LogP contribution in [-0.4, -0.2) is 5.91 Å². The van der Waals surface area contributed by atoms with Crippen LogP contribution < -0.4 is 11.1 Å². The van der Waals surface area contributed by atoms with E-state index in [1.807, 2.05) is 12.1 Å². The molecule has 0 heterocycles. The molecule has 0 aliphatic heterocycles. The van der Waals surface area contributed by atoms with E-state index in [0.717, 1.165) is 5.56 Å². The molecule has 18 heavy (non-hydrogen) atoms. The third-order valence-corrected chi connectivity index (χ3v) is 2.66. The van der Waals surface area contributed by atoms with Gasteiger partial charge in [0.25, 0.3) is 0 Å². The molecule has 92 valence electrons. The Morgan fingerprint density at radius 1 is 1.17 bits per heavy atom. The van der Waals surface area contributed by atoms with Gasteiger partial charge in [-0.15, -0.1) is 0 Å². The van der Waals surface area contributed by atoms with Crippen LogP contribution in [0.15, 0.2) is 48.5 Å². The van der Waals surface area contributed by atoms with Crippen molar-refractivity contribution in [2.24, 2.45) is 0 Å². The maximum absolute atomic E-state index is 11.8. The lowest BCUT2D eigenvalue weighted by molar-refractivity contribution is -0.115. The van der Waals surface area contributed by atoms with Crippen molar-refractivity contribution in [3.8, 4) is 0 Å². The van der Waals surface area contributed by atoms with Crippen molar-refractivity contribution in [1.29, 1.82) is 0 Å². The fourth-order valence-corrected chi connectivity index (χ4v) is 1.85. The molecule has 0 saturated carbocycles. The first-order valence-corrected chi connectivity index (χ1v) is 5.91. The Balaban J connectivity index is 2.01. The third-order valence-electron chi connectivity index (χ3n) is 2.42. The summed E-state index contributed by atoms with van der Waals surface area (Å²) < 4.78 is 0. The van der Waals surface area contributed by atoms with E-state index in [1.165, 1.54) is 0 Å². The van der Waals surface area contributed by atoms with Crippen molar-refractivity contribution >= 4 is 28.9 Å². The zero-order valence-corrected chi connectivity index (χ0v) is 10.4. The van der Waals surface area contributed by atoms with Crippen LogP contribution in [0, 0.1) is 0 Å². The molecular weight excluding hydrogens is 248 g/mol. The average molecular weight is 261 g/mol. The van der Waals surface area contributed by atoms with Crippen LogP contribution in [0.3, 0.4) is 0 Å². The highest BCUT2D eigenvalue weighted by molar-refractivity contribution is 6.30. The molecule has 2 rings (SSSR count). The SMILES string of the molecule is Nc1cccc(CC(=O)Nc2cccc(Cl)c2)c1. The summed E-state index contributed by atoms with van der Waals surface area (Å²) in [6.07, 6.45) is 0.289. The van der Waals surface area contributed by atoms with Crippen molar-refractivity contribution in [3.63, 3.8) is 0 Å². The van der Waals surface area contributed by atoms with Gasteiger partial charge in [0.15, 0.2) is 0 Å². The predicted molar refractivity (Wildman–Crippen MR) is 74.6 cm³/mol. The lowest BCUT2D eigenvalue weighted by atomic mass is 10.1. The molecule has 0 saturated heterocycles. The van der Waals surface area contributed by atoms with Gasteiger partial charge in [0.1, 0.15) is 0 Å². The smallest absolute Gasteiger partial charge is 0.228 e. The lowest BCUT2D eigenvalue weighted by Crippen LogP contribution is -2.14. The van der Waals surface area contributed by atoms with Crippen LogP contribution in [0.4, 0.5) is 11.4 Å². The summed E-state index contributed by atoms with van der Waals surface area (Å²) in [4.78, 5) is 11.8. The zero-order chi connectivity index (χ0) is 13.0. The molecule has 0 radical (unpaired) electrons. The van der Waals surface area contributed by atoms with E-state index in [9.17, 15) is 4.79 Å². The van der Waals surface area contributed by atoms with Gasteiger partial charge in [-0.05, 0) is 35.9 Å². The number of nitrogens with two attached hydrogens (primary N) is 1. The zero-order valence-electron chi connectivity index (χ0n) is 9.69. The minimum atomic E-state index is -0.0946. The highest BCUT2D eigenvalue weighted by Gasteiger charge is 2.04. The molecule has 3 N–H and O–H groups in total. The molecule has 1 amide bonds. The van der Waals surface area contributed by atoms with Gasteiger partial charge in [-0.2, -0.15) is 0 Å². The number of benzene rings is 2. The maximum Gasteiger partial charge on any atom is 0.228 e. The van der Waals surface area contributed by atoms with Crippen LogP contribution in [0.1, 0.15) is 5.56 Å². The summed E-state index contributed by atoms with van der Waals surface area (Å²) in [6.45, 7) is 0. The van der Waals surface area contributed by atoms with Gasteiger partial charge >= 0.3 is 0 Å². The molecule has 0 atom stereocenters. The fourth-order valence-electron chi connectivity index (χ4n) is 1.66. The number of anilines is 2. The summed E-state index contributed by atoms with van der Waals surface area (Å²) in [6, 6.07) is 14.3. The number of hydrogen-bond donors (Lipinski definition) is 2. The second-order valence-electron chi connectivity index (χ2n) is 3.98. The van der Waals surface area contributed by atoms with Crippen molar-refractivity contribution in [2.45, 2.75) is 6.42 Å². The van der Waals surface area contributed by atoms with Gasteiger partial charge in [0.2, 0.25) is 5.91 Å². The molecule has 4 heteroatoms. The van der Waals surface area contributed by atoms with Gasteiger partial charge in [0, 0.05) is 16.4 Å². The molecular formula is C14H13ClN2O. The van der Waals surface area contributed by atoms with E-state index in [0.29, 0.717) is 16.4 Å². The highest BCUT2D eigenvalue weighted by Crippen LogP contribution is 2.15.